The number of aryl methyl sites for hydroxylation is 4. The molecule has 3 saturated heterocycles. The summed E-state index contributed by atoms with van der Waals surface area (Å²) in [5.74, 6) is 3.09. The van der Waals surface area contributed by atoms with Crippen LogP contribution < -0.4 is 31.9 Å². The Labute approximate surface area is 435 Å². The molecule has 11 rings (SSSR count). The number of hydrogen-bond acceptors (Lipinski definition) is 11. The first-order valence-electron chi connectivity index (χ1n) is 26.6. The molecule has 18 nitrogen and oxygen atoms in total. The van der Waals surface area contributed by atoms with Gasteiger partial charge in [-0.1, -0.05) is 42.5 Å². The molecule has 6 unspecified atom stereocenters. The molecule has 0 bridgehead atoms. The van der Waals surface area contributed by atoms with Crippen LogP contribution in [0.4, 0.5) is 14.4 Å². The van der Waals surface area contributed by atoms with Crippen molar-refractivity contribution in [3.05, 3.63) is 118 Å². The predicted molar refractivity (Wildman–Crippen MR) is 281 cm³/mol. The fourth-order valence-electron chi connectivity index (χ4n) is 12.2. The first kappa shape index (κ1) is 50.3. The molecule has 4 aromatic heterocycles. The number of urea groups is 3. The second-order valence-corrected chi connectivity index (χ2v) is 21.9. The number of amides is 6. The number of nitrogens with one attached hydrogen (secondary N) is 6. The minimum Gasteiger partial charge on any atom is -0.459 e. The lowest BCUT2D eigenvalue weighted by atomic mass is 9.86. The molecular formula is C57H69N9O9. The highest BCUT2D eigenvalue weighted by atomic mass is 16.6. The summed E-state index contributed by atoms with van der Waals surface area (Å²) in [4.78, 5) is 44.2. The molecule has 6 N–H and O–H groups in total. The number of nitrogens with zero attached hydrogens (tertiary/aromatic N) is 3. The molecule has 9 atom stereocenters. The van der Waals surface area contributed by atoms with Crippen LogP contribution in [-0.4, -0.2) is 82.0 Å². The van der Waals surface area contributed by atoms with E-state index >= 15 is 0 Å². The predicted octanol–water partition coefficient (Wildman–Crippen LogP) is 9.80. The molecule has 6 amide bonds. The van der Waals surface area contributed by atoms with Crippen LogP contribution in [0.5, 0.6) is 0 Å². The van der Waals surface area contributed by atoms with E-state index in [0.29, 0.717) is 76.4 Å². The Morgan fingerprint density at radius 3 is 1.91 bits per heavy atom. The van der Waals surface area contributed by atoms with E-state index in [1.165, 1.54) is 0 Å². The van der Waals surface area contributed by atoms with Gasteiger partial charge in [-0.3, -0.25) is 0 Å². The second kappa shape index (κ2) is 20.3. The Balaban J connectivity index is 0.661. The maximum absolute atomic E-state index is 13.6. The van der Waals surface area contributed by atoms with Crippen LogP contribution in [0.15, 0.2) is 80.2 Å². The molecule has 1 spiro atoms. The van der Waals surface area contributed by atoms with Crippen LogP contribution in [0.1, 0.15) is 141 Å². The van der Waals surface area contributed by atoms with E-state index in [1.807, 2.05) is 76.6 Å². The van der Waals surface area contributed by atoms with Crippen LogP contribution in [0.25, 0.3) is 32.9 Å². The van der Waals surface area contributed by atoms with Gasteiger partial charge in [0.05, 0.1) is 54.6 Å². The molecule has 3 aromatic carbocycles. The number of rotatable bonds is 12. The molecule has 18 heteroatoms. The van der Waals surface area contributed by atoms with Crippen molar-refractivity contribution in [2.24, 2.45) is 0 Å². The molecule has 0 aliphatic carbocycles. The minimum atomic E-state index is -0.525. The minimum absolute atomic E-state index is 0.0323. The summed E-state index contributed by atoms with van der Waals surface area (Å²) in [6.45, 7) is 16.0. The molecule has 0 radical (unpaired) electrons. The Hall–Kier alpha value is -6.89. The van der Waals surface area contributed by atoms with Gasteiger partial charge in [-0.25, -0.2) is 24.0 Å². The molecule has 0 saturated carbocycles. The van der Waals surface area contributed by atoms with E-state index in [-0.39, 0.29) is 54.4 Å². The van der Waals surface area contributed by atoms with Crippen molar-refractivity contribution in [2.75, 3.05) is 19.8 Å². The summed E-state index contributed by atoms with van der Waals surface area (Å²) >= 11 is 0. The van der Waals surface area contributed by atoms with Crippen molar-refractivity contribution in [2.45, 2.75) is 160 Å². The van der Waals surface area contributed by atoms with Crippen LogP contribution in [-0.2, 0) is 33.6 Å². The largest absolute Gasteiger partial charge is 0.459 e. The molecular weight excluding hydrogens is 955 g/mol. The van der Waals surface area contributed by atoms with E-state index in [0.717, 1.165) is 85.2 Å². The highest BCUT2D eigenvalue weighted by molar-refractivity contribution is 5.85. The van der Waals surface area contributed by atoms with Crippen molar-refractivity contribution >= 4 is 51.0 Å². The maximum Gasteiger partial charge on any atom is 0.315 e. The summed E-state index contributed by atoms with van der Waals surface area (Å²) in [7, 11) is 0. The smallest absolute Gasteiger partial charge is 0.315 e. The van der Waals surface area contributed by atoms with Gasteiger partial charge in [-0.15, -0.1) is 0 Å². The average molecular weight is 1020 g/mol. The van der Waals surface area contributed by atoms with Crippen molar-refractivity contribution < 1.29 is 41.8 Å². The molecule has 4 aliphatic heterocycles. The van der Waals surface area contributed by atoms with Gasteiger partial charge in [-0.2, -0.15) is 5.10 Å². The van der Waals surface area contributed by atoms with Crippen molar-refractivity contribution in [3.63, 3.8) is 0 Å². The summed E-state index contributed by atoms with van der Waals surface area (Å²) in [5.41, 5.74) is 6.26. The fourth-order valence-corrected chi connectivity index (χ4v) is 12.2. The van der Waals surface area contributed by atoms with Gasteiger partial charge in [0.2, 0.25) is 0 Å². The number of fused-ring (bicyclic) bond motifs is 4. The number of hydrogen-bond donors (Lipinski definition) is 6. The number of benzene rings is 3. The lowest BCUT2D eigenvalue weighted by Gasteiger charge is -2.39. The number of ether oxygens (including phenoxy) is 3. The molecule has 4 aliphatic rings. The number of aromatic nitrogens is 3. The van der Waals surface area contributed by atoms with Crippen molar-refractivity contribution in [1.82, 2.24) is 46.7 Å². The zero-order valence-corrected chi connectivity index (χ0v) is 43.9. The Bertz CT molecular complexity index is 3270. The SMILES string of the molecule is Cc1c([C@@H](C)NC(=O)NC2CCc3ncnn3C2)oc2cc(CC3(C)CC(NC(=O)N[C@H](C)c4oc5cc(C6CC7(CO6)CC(NC(=O)N[C@H](C)c6oc8ccccc8c6C)CCO7)ccc5c4C)CCO3)ccc12. The van der Waals surface area contributed by atoms with E-state index in [2.05, 4.69) is 79.2 Å². The van der Waals surface area contributed by atoms with Crippen LogP contribution in [0.3, 0.4) is 0 Å². The van der Waals surface area contributed by atoms with E-state index in [9.17, 15) is 14.4 Å². The molecule has 8 heterocycles. The zero-order chi connectivity index (χ0) is 52.2. The summed E-state index contributed by atoms with van der Waals surface area (Å²) in [5, 5.41) is 26.0. The Kier molecular flexibility index (Phi) is 13.6. The lowest BCUT2D eigenvalue weighted by molar-refractivity contribution is -0.0880. The normalized spacial score (nSPS) is 24.9. The summed E-state index contributed by atoms with van der Waals surface area (Å²) < 4.78 is 40.1. The monoisotopic (exact) mass is 1020 g/mol. The van der Waals surface area contributed by atoms with Crippen molar-refractivity contribution in [3.8, 4) is 0 Å². The van der Waals surface area contributed by atoms with E-state index in [4.69, 9.17) is 27.5 Å². The third kappa shape index (κ3) is 10.4. The number of furan rings is 3. The first-order chi connectivity index (χ1) is 36.1. The molecule has 396 valence electrons. The third-order valence-corrected chi connectivity index (χ3v) is 16.1. The fraction of sp³-hybridized carbons (Fsp3) is 0.491. The quantitative estimate of drug-likeness (QED) is 0.0676. The Morgan fingerprint density at radius 1 is 0.667 bits per heavy atom. The number of para-hydroxylation sites is 1. The summed E-state index contributed by atoms with van der Waals surface area (Å²) in [6.07, 6.45) is 6.86. The van der Waals surface area contributed by atoms with Gasteiger partial charge < -0.3 is 59.4 Å². The molecule has 7 aromatic rings. The number of carbonyl (C=O) groups is 3. The standard InChI is InChI=1S/C57H69N9O9/c1-31-42-10-8-9-11-45(42)73-50(31)34(4)60-54(68)64-40-19-21-72-57(26-40)27-48(70-29-57)38-13-16-44-33(3)52(75-47(44)23-38)36(6)61-53(67)63-39-18-20-71-56(7,25-39)24-37-12-15-43-32(2)51(74-46(43)22-37)35(5)62-55(69)65-41-14-17-49-58-30-59-66(49)28-41/h8-13,15-16,22-23,30,34-36,39-41,48H,14,17-21,24-29H2,1-7H3,(H2,60,64,68)(H2,61,63,67)(H2,62,65,69)/t34-,35-,36-,39?,40?,41?,48?,56?,57?/m1/s1. The van der Waals surface area contributed by atoms with Gasteiger partial charge in [0.15, 0.2) is 0 Å². The molecule has 3 fully saturated rings. The van der Waals surface area contributed by atoms with Gasteiger partial charge in [0.25, 0.3) is 0 Å². The number of carbonyl (C=O) groups excluding carboxylic acids is 3. The summed E-state index contributed by atoms with van der Waals surface area (Å²) in [6, 6.07) is 18.3. The first-order valence-corrected chi connectivity index (χ1v) is 26.6. The van der Waals surface area contributed by atoms with Gasteiger partial charge >= 0.3 is 18.1 Å². The zero-order valence-electron chi connectivity index (χ0n) is 43.9. The van der Waals surface area contributed by atoms with E-state index in [1.54, 1.807) is 6.33 Å². The van der Waals surface area contributed by atoms with Crippen LogP contribution in [0, 0.1) is 20.8 Å². The van der Waals surface area contributed by atoms with Crippen LogP contribution >= 0.6 is 0 Å². The maximum atomic E-state index is 13.6. The van der Waals surface area contributed by atoms with E-state index < -0.39 is 17.2 Å². The van der Waals surface area contributed by atoms with Crippen LogP contribution in [0.2, 0.25) is 0 Å². The van der Waals surface area contributed by atoms with Crippen molar-refractivity contribution in [1.29, 1.82) is 0 Å². The highest BCUT2D eigenvalue weighted by Gasteiger charge is 2.46. The highest BCUT2D eigenvalue weighted by Crippen LogP contribution is 2.44. The molecule has 75 heavy (non-hydrogen) atoms. The lowest BCUT2D eigenvalue weighted by Crippen LogP contribution is -2.51. The van der Waals surface area contributed by atoms with Gasteiger partial charge in [0, 0.05) is 77.4 Å². The topological polar surface area (TPSA) is 221 Å². The van der Waals surface area contributed by atoms with Gasteiger partial charge in [0.1, 0.15) is 46.2 Å². The third-order valence-electron chi connectivity index (χ3n) is 16.1. The Morgan fingerprint density at radius 2 is 1.24 bits per heavy atom. The van der Waals surface area contributed by atoms with Gasteiger partial charge in [-0.05, 0) is 110 Å². The second-order valence-electron chi connectivity index (χ2n) is 21.9. The average Bonchev–Trinajstić information content (AvgIpc) is 4.21.